The number of amides is 1. The summed E-state index contributed by atoms with van der Waals surface area (Å²) in [6.07, 6.45) is 2.15. The van der Waals surface area contributed by atoms with Gasteiger partial charge in [-0.3, -0.25) is 9.48 Å². The van der Waals surface area contributed by atoms with E-state index in [4.69, 9.17) is 4.42 Å². The molecule has 0 aliphatic carbocycles. The van der Waals surface area contributed by atoms with Gasteiger partial charge in [-0.05, 0) is 63.0 Å². The summed E-state index contributed by atoms with van der Waals surface area (Å²) in [6, 6.07) is 19.6. The monoisotopic (exact) mass is 489 g/mol. The number of benzene rings is 2. The van der Waals surface area contributed by atoms with Crippen LogP contribution in [0.5, 0.6) is 0 Å². The van der Waals surface area contributed by atoms with Crippen molar-refractivity contribution in [3.05, 3.63) is 77.1 Å². The van der Waals surface area contributed by atoms with E-state index in [1.54, 1.807) is 10.7 Å². The Morgan fingerprint density at radius 1 is 1.20 bits per heavy atom. The number of hydrogen-bond donors (Lipinski definition) is 2. The molecule has 0 radical (unpaired) electrons. The van der Waals surface area contributed by atoms with Crippen LogP contribution in [0.25, 0.3) is 22.3 Å². The highest BCUT2D eigenvalue weighted by molar-refractivity contribution is 5.92. The standard InChI is InChI=1S/C27H27N5O2.ClH/c1-18-11-24(27(33)30-16-19-7-9-29-10-8-19)31-32(18)17-23-13-20(15-28)12-22-14-25(34-26(22)23)21-5-3-2-4-6-21;/h2-6,11-14,19,29H,7-10,16-17H2,1H3,(H,30,33);1H. The molecule has 180 valence electrons. The van der Waals surface area contributed by atoms with Crippen LogP contribution >= 0.6 is 12.4 Å². The summed E-state index contributed by atoms with van der Waals surface area (Å²) >= 11 is 0. The van der Waals surface area contributed by atoms with Gasteiger partial charge in [0.25, 0.3) is 5.91 Å². The highest BCUT2D eigenvalue weighted by Gasteiger charge is 2.18. The van der Waals surface area contributed by atoms with Gasteiger partial charge in [-0.1, -0.05) is 30.3 Å². The molecule has 3 heterocycles. The highest BCUT2D eigenvalue weighted by atomic mass is 35.5. The van der Waals surface area contributed by atoms with Crippen LogP contribution in [0.1, 0.15) is 40.2 Å². The predicted molar refractivity (Wildman–Crippen MR) is 138 cm³/mol. The van der Waals surface area contributed by atoms with E-state index >= 15 is 0 Å². The molecule has 1 saturated heterocycles. The zero-order valence-corrected chi connectivity index (χ0v) is 20.4. The number of aromatic nitrogens is 2. The van der Waals surface area contributed by atoms with E-state index < -0.39 is 0 Å². The van der Waals surface area contributed by atoms with Crippen LogP contribution in [-0.4, -0.2) is 35.3 Å². The molecule has 0 spiro atoms. The Bertz CT molecular complexity index is 1360. The number of nitrogens with one attached hydrogen (secondary N) is 2. The smallest absolute Gasteiger partial charge is 0.271 e. The molecule has 8 heteroatoms. The summed E-state index contributed by atoms with van der Waals surface area (Å²) in [4.78, 5) is 12.7. The van der Waals surface area contributed by atoms with Gasteiger partial charge < -0.3 is 15.1 Å². The summed E-state index contributed by atoms with van der Waals surface area (Å²) in [5, 5.41) is 21.4. The van der Waals surface area contributed by atoms with Crippen molar-refractivity contribution in [3.8, 4) is 17.4 Å². The maximum atomic E-state index is 12.7. The summed E-state index contributed by atoms with van der Waals surface area (Å²) in [5.41, 5.74) is 4.40. The van der Waals surface area contributed by atoms with Crippen molar-refractivity contribution in [1.82, 2.24) is 20.4 Å². The molecule has 1 fully saturated rings. The second kappa shape index (κ2) is 10.8. The Kier molecular flexibility index (Phi) is 7.54. The molecular formula is C27H28ClN5O2. The van der Waals surface area contributed by atoms with Crippen LogP contribution in [0.2, 0.25) is 0 Å². The van der Waals surface area contributed by atoms with E-state index in [0.29, 0.717) is 30.3 Å². The number of halogens is 1. The number of rotatable bonds is 6. The van der Waals surface area contributed by atoms with Crippen molar-refractivity contribution in [3.63, 3.8) is 0 Å². The largest absolute Gasteiger partial charge is 0.456 e. The van der Waals surface area contributed by atoms with E-state index in [1.165, 1.54) is 0 Å². The fraction of sp³-hybridized carbons (Fsp3) is 0.296. The molecule has 7 nitrogen and oxygen atoms in total. The molecule has 2 N–H and O–H groups in total. The molecule has 0 unspecified atom stereocenters. The lowest BCUT2D eigenvalue weighted by Gasteiger charge is -2.22. The van der Waals surface area contributed by atoms with Crippen LogP contribution in [-0.2, 0) is 6.54 Å². The number of carbonyl (C=O) groups is 1. The van der Waals surface area contributed by atoms with Crippen molar-refractivity contribution < 1.29 is 9.21 Å². The summed E-state index contributed by atoms with van der Waals surface area (Å²) in [5.74, 6) is 1.11. The van der Waals surface area contributed by atoms with Crippen molar-refractivity contribution in [2.24, 2.45) is 5.92 Å². The first-order chi connectivity index (χ1) is 16.6. The van der Waals surface area contributed by atoms with Gasteiger partial charge in [0.05, 0.1) is 18.2 Å². The van der Waals surface area contributed by atoms with Gasteiger partial charge in [0.1, 0.15) is 17.0 Å². The van der Waals surface area contributed by atoms with Gasteiger partial charge in [0.2, 0.25) is 0 Å². The van der Waals surface area contributed by atoms with Gasteiger partial charge in [0.15, 0.2) is 0 Å². The first-order valence-electron chi connectivity index (χ1n) is 11.7. The van der Waals surface area contributed by atoms with Gasteiger partial charge in [-0.2, -0.15) is 10.4 Å². The lowest BCUT2D eigenvalue weighted by atomic mass is 9.98. The second-order valence-electron chi connectivity index (χ2n) is 8.87. The molecule has 5 rings (SSSR count). The first-order valence-corrected chi connectivity index (χ1v) is 11.7. The summed E-state index contributed by atoms with van der Waals surface area (Å²) in [6.45, 7) is 5.01. The predicted octanol–water partition coefficient (Wildman–Crippen LogP) is 4.68. The molecule has 0 saturated carbocycles. The number of fused-ring (bicyclic) bond motifs is 1. The van der Waals surface area contributed by atoms with Crippen molar-refractivity contribution in [1.29, 1.82) is 5.26 Å². The minimum atomic E-state index is -0.152. The van der Waals surface area contributed by atoms with Crippen LogP contribution < -0.4 is 10.6 Å². The minimum Gasteiger partial charge on any atom is -0.456 e. The first kappa shape index (κ1) is 24.5. The molecule has 0 atom stereocenters. The van der Waals surface area contributed by atoms with Gasteiger partial charge in [-0.25, -0.2) is 0 Å². The Labute approximate surface area is 210 Å². The number of carbonyl (C=O) groups excluding carboxylic acids is 1. The highest BCUT2D eigenvalue weighted by Crippen LogP contribution is 2.31. The molecule has 2 aromatic heterocycles. The van der Waals surface area contributed by atoms with Gasteiger partial charge in [0, 0.05) is 28.8 Å². The Hall–Kier alpha value is -3.60. The fourth-order valence-corrected chi connectivity index (χ4v) is 4.51. The maximum Gasteiger partial charge on any atom is 0.271 e. The number of hydrogen-bond acceptors (Lipinski definition) is 5. The average Bonchev–Trinajstić information content (AvgIpc) is 3.47. The van der Waals surface area contributed by atoms with Crippen LogP contribution in [0.3, 0.4) is 0 Å². The lowest BCUT2D eigenvalue weighted by Crippen LogP contribution is -2.36. The normalized spacial score (nSPS) is 13.8. The van der Waals surface area contributed by atoms with E-state index in [-0.39, 0.29) is 18.3 Å². The number of nitrogens with zero attached hydrogens (tertiary/aromatic N) is 3. The molecule has 1 amide bonds. The Morgan fingerprint density at radius 3 is 2.71 bits per heavy atom. The molecule has 4 aromatic rings. The van der Waals surface area contributed by atoms with E-state index in [2.05, 4.69) is 21.8 Å². The van der Waals surface area contributed by atoms with E-state index in [0.717, 1.165) is 59.5 Å². The molecular weight excluding hydrogens is 462 g/mol. The van der Waals surface area contributed by atoms with Crippen LogP contribution in [0, 0.1) is 24.2 Å². The van der Waals surface area contributed by atoms with Crippen LogP contribution in [0.15, 0.2) is 59.0 Å². The third-order valence-corrected chi connectivity index (χ3v) is 6.42. The zero-order valence-electron chi connectivity index (χ0n) is 19.6. The minimum absolute atomic E-state index is 0. The molecule has 35 heavy (non-hydrogen) atoms. The summed E-state index contributed by atoms with van der Waals surface area (Å²) < 4.78 is 8.01. The topological polar surface area (TPSA) is 95.9 Å². The van der Waals surface area contributed by atoms with Crippen LogP contribution in [0.4, 0.5) is 0 Å². The van der Waals surface area contributed by atoms with E-state index in [1.807, 2.05) is 55.5 Å². The Morgan fingerprint density at radius 2 is 1.97 bits per heavy atom. The second-order valence-corrected chi connectivity index (χ2v) is 8.87. The van der Waals surface area contributed by atoms with Gasteiger partial charge >= 0.3 is 0 Å². The number of piperidine rings is 1. The summed E-state index contributed by atoms with van der Waals surface area (Å²) in [7, 11) is 0. The van der Waals surface area contributed by atoms with Crippen molar-refractivity contribution >= 4 is 29.3 Å². The zero-order chi connectivity index (χ0) is 23.5. The fourth-order valence-electron chi connectivity index (χ4n) is 4.51. The quantitative estimate of drug-likeness (QED) is 0.410. The Balaban J connectivity index is 0.00000289. The molecule has 0 bridgehead atoms. The van der Waals surface area contributed by atoms with Gasteiger partial charge in [-0.15, -0.1) is 12.4 Å². The number of furan rings is 1. The third kappa shape index (κ3) is 5.40. The SMILES string of the molecule is Cc1cc(C(=O)NCC2CCNCC2)nn1Cc1cc(C#N)cc2cc(-c3ccccc3)oc12.Cl. The lowest BCUT2D eigenvalue weighted by molar-refractivity contribution is 0.0938. The molecule has 1 aliphatic heterocycles. The van der Waals surface area contributed by atoms with Crippen molar-refractivity contribution in [2.75, 3.05) is 19.6 Å². The maximum absolute atomic E-state index is 12.7. The third-order valence-electron chi connectivity index (χ3n) is 6.42. The molecule has 2 aromatic carbocycles. The van der Waals surface area contributed by atoms with E-state index in [9.17, 15) is 10.1 Å². The number of nitriles is 1. The average molecular weight is 490 g/mol. The number of aryl methyl sites for hydroxylation is 1. The van der Waals surface area contributed by atoms with Crippen molar-refractivity contribution in [2.45, 2.75) is 26.3 Å². The molecule has 1 aliphatic rings.